The SMILES string of the molecule is Cc1c(C(C)NCc2ccco2)oc2ccccc12. The van der Waals surface area contributed by atoms with Crippen molar-refractivity contribution >= 4 is 11.0 Å². The maximum Gasteiger partial charge on any atom is 0.134 e. The van der Waals surface area contributed by atoms with Crippen molar-refractivity contribution in [1.82, 2.24) is 5.32 Å². The third-order valence-electron chi connectivity index (χ3n) is 3.44. The van der Waals surface area contributed by atoms with Crippen LogP contribution in [0.15, 0.2) is 51.5 Å². The van der Waals surface area contributed by atoms with Gasteiger partial charge in [-0.05, 0) is 37.6 Å². The van der Waals surface area contributed by atoms with Gasteiger partial charge in [0.2, 0.25) is 0 Å². The molecule has 1 aromatic carbocycles. The Labute approximate surface area is 112 Å². The van der Waals surface area contributed by atoms with Gasteiger partial charge >= 0.3 is 0 Å². The number of furan rings is 2. The molecule has 2 heterocycles. The number of aryl methyl sites for hydroxylation is 1. The number of hydrogen-bond donors (Lipinski definition) is 1. The third-order valence-corrected chi connectivity index (χ3v) is 3.44. The molecule has 0 saturated carbocycles. The van der Waals surface area contributed by atoms with Crippen LogP contribution in [0, 0.1) is 6.92 Å². The van der Waals surface area contributed by atoms with E-state index < -0.39 is 0 Å². The molecule has 3 aromatic rings. The Morgan fingerprint density at radius 2 is 2.00 bits per heavy atom. The zero-order valence-corrected chi connectivity index (χ0v) is 11.1. The molecule has 0 bridgehead atoms. The standard InChI is InChI=1S/C16H17NO2/c1-11-14-7-3-4-8-15(14)19-16(11)12(2)17-10-13-6-5-9-18-13/h3-9,12,17H,10H2,1-2H3. The summed E-state index contributed by atoms with van der Waals surface area (Å²) in [5.41, 5.74) is 2.15. The number of fused-ring (bicyclic) bond motifs is 1. The lowest BCUT2D eigenvalue weighted by Gasteiger charge is -2.11. The van der Waals surface area contributed by atoms with Crippen LogP contribution in [0.3, 0.4) is 0 Å². The number of hydrogen-bond acceptors (Lipinski definition) is 3. The number of rotatable bonds is 4. The maximum absolute atomic E-state index is 5.94. The largest absolute Gasteiger partial charge is 0.468 e. The molecule has 0 fully saturated rings. The van der Waals surface area contributed by atoms with Crippen molar-refractivity contribution in [2.45, 2.75) is 26.4 Å². The monoisotopic (exact) mass is 255 g/mol. The first-order valence-electron chi connectivity index (χ1n) is 6.49. The predicted octanol–water partition coefficient (Wildman–Crippen LogP) is 4.19. The molecule has 3 rings (SSSR count). The molecule has 3 heteroatoms. The van der Waals surface area contributed by atoms with Crippen LogP contribution in [-0.2, 0) is 6.54 Å². The Morgan fingerprint density at radius 3 is 2.74 bits per heavy atom. The van der Waals surface area contributed by atoms with Crippen LogP contribution in [0.4, 0.5) is 0 Å². The van der Waals surface area contributed by atoms with Crippen LogP contribution in [0.5, 0.6) is 0 Å². The summed E-state index contributed by atoms with van der Waals surface area (Å²) < 4.78 is 11.3. The van der Waals surface area contributed by atoms with Crippen molar-refractivity contribution in [2.75, 3.05) is 0 Å². The summed E-state index contributed by atoms with van der Waals surface area (Å²) in [6.07, 6.45) is 1.69. The minimum Gasteiger partial charge on any atom is -0.468 e. The van der Waals surface area contributed by atoms with Gasteiger partial charge in [-0.25, -0.2) is 0 Å². The average molecular weight is 255 g/mol. The fourth-order valence-electron chi connectivity index (χ4n) is 2.37. The number of para-hydroxylation sites is 1. The number of benzene rings is 1. The highest BCUT2D eigenvalue weighted by molar-refractivity contribution is 5.82. The van der Waals surface area contributed by atoms with E-state index in [0.717, 1.165) is 17.1 Å². The smallest absolute Gasteiger partial charge is 0.134 e. The van der Waals surface area contributed by atoms with Crippen LogP contribution in [0.2, 0.25) is 0 Å². The molecular formula is C16H17NO2. The van der Waals surface area contributed by atoms with Gasteiger partial charge in [0.15, 0.2) is 0 Å². The molecule has 1 unspecified atom stereocenters. The Morgan fingerprint density at radius 1 is 1.16 bits per heavy atom. The third kappa shape index (κ3) is 2.29. The van der Waals surface area contributed by atoms with E-state index in [0.29, 0.717) is 6.54 Å². The van der Waals surface area contributed by atoms with Crippen molar-refractivity contribution < 1.29 is 8.83 Å². The summed E-state index contributed by atoms with van der Waals surface area (Å²) in [7, 11) is 0. The van der Waals surface area contributed by atoms with Gasteiger partial charge in [0.25, 0.3) is 0 Å². The molecule has 0 radical (unpaired) electrons. The van der Waals surface area contributed by atoms with Gasteiger partial charge in [0.1, 0.15) is 17.1 Å². The zero-order chi connectivity index (χ0) is 13.2. The molecule has 2 aromatic heterocycles. The lowest BCUT2D eigenvalue weighted by molar-refractivity contribution is 0.417. The van der Waals surface area contributed by atoms with E-state index in [9.17, 15) is 0 Å². The second kappa shape index (κ2) is 4.94. The topological polar surface area (TPSA) is 38.3 Å². The van der Waals surface area contributed by atoms with Crippen molar-refractivity contribution in [3.8, 4) is 0 Å². The van der Waals surface area contributed by atoms with Gasteiger partial charge in [-0.15, -0.1) is 0 Å². The van der Waals surface area contributed by atoms with Gasteiger partial charge in [-0.1, -0.05) is 18.2 Å². The van der Waals surface area contributed by atoms with Crippen molar-refractivity contribution in [3.63, 3.8) is 0 Å². The Bertz CT molecular complexity index is 667. The summed E-state index contributed by atoms with van der Waals surface area (Å²) >= 11 is 0. The fraction of sp³-hybridized carbons (Fsp3) is 0.250. The summed E-state index contributed by atoms with van der Waals surface area (Å²) in [6.45, 7) is 4.91. The van der Waals surface area contributed by atoms with Gasteiger partial charge in [-0.3, -0.25) is 0 Å². The highest BCUT2D eigenvalue weighted by Crippen LogP contribution is 2.29. The quantitative estimate of drug-likeness (QED) is 0.759. The molecule has 1 atom stereocenters. The lowest BCUT2D eigenvalue weighted by Crippen LogP contribution is -2.17. The van der Waals surface area contributed by atoms with E-state index in [2.05, 4.69) is 25.2 Å². The molecule has 19 heavy (non-hydrogen) atoms. The van der Waals surface area contributed by atoms with Gasteiger partial charge in [0, 0.05) is 5.39 Å². The molecule has 1 N–H and O–H groups in total. The molecule has 0 saturated heterocycles. The van der Waals surface area contributed by atoms with E-state index >= 15 is 0 Å². The molecule has 0 aliphatic heterocycles. The second-order valence-electron chi connectivity index (χ2n) is 4.77. The van der Waals surface area contributed by atoms with Gasteiger partial charge in [-0.2, -0.15) is 0 Å². The lowest BCUT2D eigenvalue weighted by atomic mass is 10.1. The Kier molecular flexibility index (Phi) is 3.13. The first-order chi connectivity index (χ1) is 9.25. The van der Waals surface area contributed by atoms with E-state index in [1.54, 1.807) is 6.26 Å². The summed E-state index contributed by atoms with van der Waals surface area (Å²) in [5, 5.41) is 4.60. The van der Waals surface area contributed by atoms with Crippen LogP contribution < -0.4 is 5.32 Å². The first kappa shape index (κ1) is 12.1. The minimum absolute atomic E-state index is 0.150. The molecule has 0 amide bonds. The minimum atomic E-state index is 0.150. The van der Waals surface area contributed by atoms with Crippen LogP contribution in [0.25, 0.3) is 11.0 Å². The molecule has 98 valence electrons. The Hall–Kier alpha value is -2.00. The van der Waals surface area contributed by atoms with Crippen molar-refractivity contribution in [2.24, 2.45) is 0 Å². The molecule has 0 aliphatic rings. The van der Waals surface area contributed by atoms with Crippen LogP contribution in [-0.4, -0.2) is 0 Å². The number of nitrogens with one attached hydrogen (secondary N) is 1. The van der Waals surface area contributed by atoms with Crippen molar-refractivity contribution in [3.05, 3.63) is 59.7 Å². The normalized spacial score (nSPS) is 12.9. The van der Waals surface area contributed by atoms with Crippen LogP contribution >= 0.6 is 0 Å². The highest BCUT2D eigenvalue weighted by atomic mass is 16.3. The second-order valence-corrected chi connectivity index (χ2v) is 4.77. The average Bonchev–Trinajstić information content (AvgIpc) is 3.05. The van der Waals surface area contributed by atoms with Crippen LogP contribution in [0.1, 0.15) is 30.0 Å². The van der Waals surface area contributed by atoms with E-state index in [-0.39, 0.29) is 6.04 Å². The first-order valence-corrected chi connectivity index (χ1v) is 6.49. The summed E-state index contributed by atoms with van der Waals surface area (Å²) in [5.74, 6) is 1.92. The zero-order valence-electron chi connectivity index (χ0n) is 11.1. The predicted molar refractivity (Wildman–Crippen MR) is 74.9 cm³/mol. The van der Waals surface area contributed by atoms with Gasteiger partial charge < -0.3 is 14.2 Å². The van der Waals surface area contributed by atoms with Crippen molar-refractivity contribution in [1.29, 1.82) is 0 Å². The Balaban J connectivity index is 1.81. The summed E-state index contributed by atoms with van der Waals surface area (Å²) in [6, 6.07) is 12.1. The highest BCUT2D eigenvalue weighted by Gasteiger charge is 2.16. The fourth-order valence-corrected chi connectivity index (χ4v) is 2.37. The maximum atomic E-state index is 5.94. The van der Waals surface area contributed by atoms with E-state index in [4.69, 9.17) is 8.83 Å². The van der Waals surface area contributed by atoms with E-state index in [1.807, 2.05) is 30.3 Å². The summed E-state index contributed by atoms with van der Waals surface area (Å²) in [4.78, 5) is 0. The van der Waals surface area contributed by atoms with Gasteiger partial charge in [0.05, 0.1) is 18.8 Å². The molecule has 3 nitrogen and oxygen atoms in total. The molecule has 0 spiro atoms. The molecular weight excluding hydrogens is 238 g/mol. The van der Waals surface area contributed by atoms with E-state index in [1.165, 1.54) is 10.9 Å². The molecule has 0 aliphatic carbocycles.